The first-order chi connectivity index (χ1) is 12.1. The lowest BCUT2D eigenvalue weighted by atomic mass is 9.80. The minimum Gasteiger partial charge on any atom is -0.381 e. The van der Waals surface area contributed by atoms with Crippen molar-refractivity contribution in [2.75, 3.05) is 46.1 Å². The van der Waals surface area contributed by atoms with E-state index in [-0.39, 0.29) is 11.4 Å². The van der Waals surface area contributed by atoms with E-state index in [2.05, 4.69) is 43.4 Å². The predicted octanol–water partition coefficient (Wildman–Crippen LogP) is 2.94. The molecular formula is C20H30N2O3. The molecular weight excluding hydrogens is 316 g/mol. The third kappa shape index (κ3) is 4.73. The summed E-state index contributed by atoms with van der Waals surface area (Å²) < 4.78 is 11.3. The smallest absolute Gasteiger partial charge is 0.317 e. The van der Waals surface area contributed by atoms with E-state index in [9.17, 15) is 4.79 Å². The number of aryl methyl sites for hydroxylation is 1. The Morgan fingerprint density at radius 2 is 2.08 bits per heavy atom. The number of nitrogens with zero attached hydrogens (tertiary/aromatic N) is 1. The van der Waals surface area contributed by atoms with Gasteiger partial charge in [-0.3, -0.25) is 0 Å². The zero-order chi connectivity index (χ0) is 17.7. The zero-order valence-corrected chi connectivity index (χ0v) is 15.4. The summed E-state index contributed by atoms with van der Waals surface area (Å²) in [6.07, 6.45) is 1.94. The molecule has 0 aromatic heterocycles. The van der Waals surface area contributed by atoms with Crippen molar-refractivity contribution in [3.63, 3.8) is 0 Å². The van der Waals surface area contributed by atoms with Crippen molar-refractivity contribution in [3.05, 3.63) is 35.4 Å². The van der Waals surface area contributed by atoms with E-state index >= 15 is 0 Å². The second-order valence-electron chi connectivity index (χ2n) is 7.59. The van der Waals surface area contributed by atoms with E-state index in [1.54, 1.807) is 0 Å². The van der Waals surface area contributed by atoms with E-state index in [4.69, 9.17) is 9.47 Å². The zero-order valence-electron chi connectivity index (χ0n) is 15.4. The van der Waals surface area contributed by atoms with Crippen molar-refractivity contribution in [3.8, 4) is 0 Å². The van der Waals surface area contributed by atoms with Crippen molar-refractivity contribution in [2.24, 2.45) is 5.41 Å². The molecule has 0 radical (unpaired) electrons. The monoisotopic (exact) mass is 346 g/mol. The average Bonchev–Trinajstić information content (AvgIpc) is 2.83. The molecule has 2 aliphatic heterocycles. The molecule has 1 spiro atoms. The van der Waals surface area contributed by atoms with Crippen LogP contribution >= 0.6 is 0 Å². The first-order valence-electron chi connectivity index (χ1n) is 9.33. The Hall–Kier alpha value is -1.59. The minimum atomic E-state index is 0.0240. The highest BCUT2D eigenvalue weighted by Gasteiger charge is 2.37. The Balaban J connectivity index is 1.56. The lowest BCUT2D eigenvalue weighted by Crippen LogP contribution is -2.48. The van der Waals surface area contributed by atoms with Crippen LogP contribution in [0.3, 0.4) is 0 Å². The van der Waals surface area contributed by atoms with Gasteiger partial charge in [-0.1, -0.05) is 36.8 Å². The van der Waals surface area contributed by atoms with Gasteiger partial charge in [0.05, 0.1) is 13.2 Å². The van der Waals surface area contributed by atoms with Gasteiger partial charge in [0, 0.05) is 38.3 Å². The van der Waals surface area contributed by atoms with Crippen LogP contribution in [0.1, 0.15) is 36.8 Å². The molecule has 3 rings (SSSR count). The SMILES string of the molecule is Cc1cccc([C@H](C)CNC(=O)N2CCOCC3(CCOCC3)C2)c1. The van der Waals surface area contributed by atoms with Gasteiger partial charge in [0.1, 0.15) is 0 Å². The number of carbonyl (C=O) groups is 1. The Labute approximate surface area is 150 Å². The van der Waals surface area contributed by atoms with Crippen molar-refractivity contribution in [2.45, 2.75) is 32.6 Å². The average molecular weight is 346 g/mol. The van der Waals surface area contributed by atoms with Gasteiger partial charge in [-0.05, 0) is 31.2 Å². The Morgan fingerprint density at radius 1 is 1.28 bits per heavy atom. The van der Waals surface area contributed by atoms with E-state index in [0.717, 1.165) is 39.2 Å². The van der Waals surface area contributed by atoms with Crippen molar-refractivity contribution in [1.82, 2.24) is 10.2 Å². The van der Waals surface area contributed by atoms with Crippen LogP contribution in [-0.4, -0.2) is 57.0 Å². The third-order valence-electron chi connectivity index (χ3n) is 5.45. The van der Waals surface area contributed by atoms with E-state index < -0.39 is 0 Å². The quantitative estimate of drug-likeness (QED) is 0.915. The van der Waals surface area contributed by atoms with Crippen LogP contribution in [0.4, 0.5) is 4.79 Å². The van der Waals surface area contributed by atoms with Gasteiger partial charge in [0.2, 0.25) is 0 Å². The van der Waals surface area contributed by atoms with Gasteiger partial charge in [-0.15, -0.1) is 0 Å². The topological polar surface area (TPSA) is 50.8 Å². The minimum absolute atomic E-state index is 0.0240. The lowest BCUT2D eigenvalue weighted by Gasteiger charge is -2.38. The van der Waals surface area contributed by atoms with Crippen LogP contribution in [0.25, 0.3) is 0 Å². The molecule has 2 saturated heterocycles. The standard InChI is InChI=1S/C20H30N2O3/c1-16-4-3-5-18(12-16)17(2)13-21-19(23)22-8-11-25-15-20(14-22)6-9-24-10-7-20/h3-5,12,17H,6-11,13-15H2,1-2H3,(H,21,23)/t17-/m1/s1. The number of hydrogen-bond acceptors (Lipinski definition) is 3. The van der Waals surface area contributed by atoms with Crippen LogP contribution in [0.2, 0.25) is 0 Å². The molecule has 1 atom stereocenters. The molecule has 2 fully saturated rings. The maximum absolute atomic E-state index is 12.7. The van der Waals surface area contributed by atoms with Gasteiger partial charge >= 0.3 is 6.03 Å². The number of rotatable bonds is 3. The Bertz CT molecular complexity index is 584. The normalized spacial score (nSPS) is 21.6. The number of benzene rings is 1. The number of nitrogens with one attached hydrogen (secondary N) is 1. The fourth-order valence-corrected chi connectivity index (χ4v) is 3.72. The molecule has 1 aromatic carbocycles. The fraction of sp³-hybridized carbons (Fsp3) is 0.650. The van der Waals surface area contributed by atoms with Crippen LogP contribution in [-0.2, 0) is 9.47 Å². The van der Waals surface area contributed by atoms with E-state index in [0.29, 0.717) is 25.6 Å². The highest BCUT2D eigenvalue weighted by molar-refractivity contribution is 5.74. The third-order valence-corrected chi connectivity index (χ3v) is 5.45. The molecule has 0 bridgehead atoms. The van der Waals surface area contributed by atoms with Gasteiger partial charge in [-0.25, -0.2) is 4.79 Å². The fourth-order valence-electron chi connectivity index (χ4n) is 3.72. The second-order valence-corrected chi connectivity index (χ2v) is 7.59. The molecule has 1 N–H and O–H groups in total. The van der Waals surface area contributed by atoms with Crippen LogP contribution < -0.4 is 5.32 Å². The summed E-state index contributed by atoms with van der Waals surface area (Å²) in [7, 11) is 0. The Kier molecular flexibility index (Phi) is 5.97. The largest absolute Gasteiger partial charge is 0.381 e. The highest BCUT2D eigenvalue weighted by Crippen LogP contribution is 2.33. The summed E-state index contributed by atoms with van der Waals surface area (Å²) in [6, 6.07) is 8.51. The van der Waals surface area contributed by atoms with Crippen molar-refractivity contribution in [1.29, 1.82) is 0 Å². The number of carbonyl (C=O) groups excluding carboxylic acids is 1. The number of amides is 2. The van der Waals surface area contributed by atoms with Crippen molar-refractivity contribution < 1.29 is 14.3 Å². The summed E-state index contributed by atoms with van der Waals surface area (Å²) in [5, 5.41) is 3.12. The van der Waals surface area contributed by atoms with Crippen LogP contribution in [0.5, 0.6) is 0 Å². The molecule has 5 nitrogen and oxygen atoms in total. The summed E-state index contributed by atoms with van der Waals surface area (Å²) >= 11 is 0. The molecule has 0 unspecified atom stereocenters. The molecule has 138 valence electrons. The number of ether oxygens (including phenoxy) is 2. The summed E-state index contributed by atoms with van der Waals surface area (Å²) in [6.45, 7) is 9.21. The van der Waals surface area contributed by atoms with Crippen LogP contribution in [0, 0.1) is 12.3 Å². The van der Waals surface area contributed by atoms with Crippen LogP contribution in [0.15, 0.2) is 24.3 Å². The first kappa shape index (κ1) is 18.2. The second kappa shape index (κ2) is 8.19. The van der Waals surface area contributed by atoms with E-state index in [1.165, 1.54) is 11.1 Å². The molecule has 2 heterocycles. The maximum Gasteiger partial charge on any atom is 0.317 e. The Morgan fingerprint density at radius 3 is 2.84 bits per heavy atom. The van der Waals surface area contributed by atoms with Gasteiger partial charge in [-0.2, -0.15) is 0 Å². The highest BCUT2D eigenvalue weighted by atomic mass is 16.5. The first-order valence-corrected chi connectivity index (χ1v) is 9.33. The number of hydrogen-bond donors (Lipinski definition) is 1. The molecule has 2 aliphatic rings. The van der Waals surface area contributed by atoms with Gasteiger partial charge in [0.25, 0.3) is 0 Å². The number of urea groups is 1. The van der Waals surface area contributed by atoms with E-state index in [1.807, 2.05) is 4.90 Å². The molecule has 0 aliphatic carbocycles. The molecule has 25 heavy (non-hydrogen) atoms. The predicted molar refractivity (Wildman–Crippen MR) is 97.9 cm³/mol. The molecule has 1 aromatic rings. The molecule has 2 amide bonds. The molecule has 0 saturated carbocycles. The van der Waals surface area contributed by atoms with Crippen molar-refractivity contribution >= 4 is 6.03 Å². The lowest BCUT2D eigenvalue weighted by molar-refractivity contribution is -0.0295. The summed E-state index contributed by atoms with van der Waals surface area (Å²) in [5.41, 5.74) is 2.58. The van der Waals surface area contributed by atoms with Gasteiger partial charge < -0.3 is 19.7 Å². The summed E-state index contributed by atoms with van der Waals surface area (Å²) in [5.74, 6) is 0.295. The maximum atomic E-state index is 12.7. The van der Waals surface area contributed by atoms with Gasteiger partial charge in [0.15, 0.2) is 0 Å². The molecule has 5 heteroatoms. The summed E-state index contributed by atoms with van der Waals surface area (Å²) in [4.78, 5) is 14.6.